The van der Waals surface area contributed by atoms with Crippen LogP contribution >= 0.6 is 0 Å². The molecule has 0 unspecified atom stereocenters. The molecule has 1 amide bonds. The van der Waals surface area contributed by atoms with E-state index in [4.69, 9.17) is 0 Å². The van der Waals surface area contributed by atoms with Crippen molar-refractivity contribution in [2.45, 2.75) is 45.4 Å². The molecule has 1 rings (SSSR count). The van der Waals surface area contributed by atoms with Crippen LogP contribution in [-0.2, 0) is 4.79 Å². The quantitative estimate of drug-likeness (QED) is 0.668. The van der Waals surface area contributed by atoms with Gasteiger partial charge in [-0.05, 0) is 25.3 Å². The van der Waals surface area contributed by atoms with Crippen molar-refractivity contribution in [2.75, 3.05) is 0 Å². The first-order valence-electron chi connectivity index (χ1n) is 5.48. The van der Waals surface area contributed by atoms with Gasteiger partial charge >= 0.3 is 0 Å². The average Bonchev–Trinajstić information content (AvgIpc) is 2.20. The zero-order chi connectivity index (χ0) is 10.2. The summed E-state index contributed by atoms with van der Waals surface area (Å²) in [6.07, 6.45) is 12.1. The topological polar surface area (TPSA) is 29.1 Å². The molecule has 14 heavy (non-hydrogen) atoms. The highest BCUT2D eigenvalue weighted by Gasteiger charge is 2.04. The minimum Gasteiger partial charge on any atom is -0.330 e. The second-order valence-electron chi connectivity index (χ2n) is 3.66. The van der Waals surface area contributed by atoms with Gasteiger partial charge in [0.25, 0.3) is 0 Å². The van der Waals surface area contributed by atoms with Gasteiger partial charge in [-0.15, -0.1) is 0 Å². The highest BCUT2D eigenvalue weighted by Crippen LogP contribution is 2.09. The molecule has 0 aromatic carbocycles. The van der Waals surface area contributed by atoms with E-state index in [-0.39, 0.29) is 5.91 Å². The van der Waals surface area contributed by atoms with Crippen LogP contribution in [0.4, 0.5) is 0 Å². The Morgan fingerprint density at radius 3 is 3.00 bits per heavy atom. The third kappa shape index (κ3) is 4.26. The molecule has 0 aromatic rings. The van der Waals surface area contributed by atoms with Crippen molar-refractivity contribution in [1.82, 2.24) is 5.32 Å². The first kappa shape index (κ1) is 11.0. The van der Waals surface area contributed by atoms with Crippen LogP contribution in [0.25, 0.3) is 0 Å². The van der Waals surface area contributed by atoms with Gasteiger partial charge in [-0.3, -0.25) is 4.79 Å². The molecule has 0 radical (unpaired) electrons. The number of nitrogens with one attached hydrogen (secondary N) is 1. The standard InChI is InChI=1S/C12H19NO/c1-2-3-5-10-12(14)13-11-8-6-4-7-9-11/h4,6,8H,2-3,5,7,9-10H2,1H3,(H,13,14). The Hall–Kier alpha value is -1.05. The Bertz CT molecular complexity index is 241. The number of carbonyl (C=O) groups is 1. The summed E-state index contributed by atoms with van der Waals surface area (Å²) in [4.78, 5) is 11.4. The van der Waals surface area contributed by atoms with Crippen LogP contribution < -0.4 is 5.32 Å². The van der Waals surface area contributed by atoms with Gasteiger partial charge in [-0.25, -0.2) is 0 Å². The number of hydrogen-bond acceptors (Lipinski definition) is 1. The number of allylic oxidation sites excluding steroid dienone is 4. The van der Waals surface area contributed by atoms with Gasteiger partial charge in [-0.1, -0.05) is 31.9 Å². The van der Waals surface area contributed by atoms with E-state index in [2.05, 4.69) is 18.3 Å². The maximum atomic E-state index is 11.4. The third-order valence-corrected chi connectivity index (χ3v) is 2.32. The summed E-state index contributed by atoms with van der Waals surface area (Å²) in [7, 11) is 0. The lowest BCUT2D eigenvalue weighted by Crippen LogP contribution is -2.22. The molecule has 0 atom stereocenters. The minimum absolute atomic E-state index is 0.167. The van der Waals surface area contributed by atoms with Crippen molar-refractivity contribution < 1.29 is 4.79 Å². The minimum atomic E-state index is 0.167. The van der Waals surface area contributed by atoms with Gasteiger partial charge in [0.15, 0.2) is 0 Å². The molecule has 2 nitrogen and oxygen atoms in total. The zero-order valence-corrected chi connectivity index (χ0v) is 8.88. The molecule has 1 aliphatic rings. The van der Waals surface area contributed by atoms with Gasteiger partial charge in [0.05, 0.1) is 0 Å². The molecular formula is C12H19NO. The largest absolute Gasteiger partial charge is 0.330 e. The van der Waals surface area contributed by atoms with E-state index in [1.165, 1.54) is 6.42 Å². The summed E-state index contributed by atoms with van der Waals surface area (Å²) in [6.45, 7) is 2.15. The Balaban J connectivity index is 2.19. The molecule has 0 aromatic heterocycles. The van der Waals surface area contributed by atoms with Crippen LogP contribution in [0.3, 0.4) is 0 Å². The predicted molar refractivity (Wildman–Crippen MR) is 58.7 cm³/mol. The second kappa shape index (κ2) is 6.41. The van der Waals surface area contributed by atoms with Crippen molar-refractivity contribution >= 4 is 5.91 Å². The van der Waals surface area contributed by atoms with Crippen LogP contribution in [0, 0.1) is 0 Å². The van der Waals surface area contributed by atoms with Crippen LogP contribution in [0.5, 0.6) is 0 Å². The molecule has 1 N–H and O–H groups in total. The lowest BCUT2D eigenvalue weighted by molar-refractivity contribution is -0.120. The van der Waals surface area contributed by atoms with Crippen LogP contribution in [0.2, 0.25) is 0 Å². The molecule has 2 heteroatoms. The molecule has 0 aliphatic heterocycles. The van der Waals surface area contributed by atoms with E-state index < -0.39 is 0 Å². The highest BCUT2D eigenvalue weighted by atomic mass is 16.1. The zero-order valence-electron chi connectivity index (χ0n) is 8.88. The summed E-state index contributed by atoms with van der Waals surface area (Å²) in [5, 5.41) is 2.95. The van der Waals surface area contributed by atoms with E-state index >= 15 is 0 Å². The summed E-state index contributed by atoms with van der Waals surface area (Å²) in [5.41, 5.74) is 1.06. The van der Waals surface area contributed by atoms with Gasteiger partial charge in [0, 0.05) is 12.1 Å². The Kier molecular flexibility index (Phi) is 5.05. The fraction of sp³-hybridized carbons (Fsp3) is 0.583. The van der Waals surface area contributed by atoms with E-state index in [9.17, 15) is 4.79 Å². The van der Waals surface area contributed by atoms with Gasteiger partial charge < -0.3 is 5.32 Å². The van der Waals surface area contributed by atoms with Crippen molar-refractivity contribution in [2.24, 2.45) is 0 Å². The Morgan fingerprint density at radius 1 is 1.50 bits per heavy atom. The smallest absolute Gasteiger partial charge is 0.224 e. The van der Waals surface area contributed by atoms with Crippen LogP contribution in [0.1, 0.15) is 45.4 Å². The van der Waals surface area contributed by atoms with E-state index in [0.29, 0.717) is 6.42 Å². The summed E-state index contributed by atoms with van der Waals surface area (Å²) in [5.74, 6) is 0.167. The molecule has 0 saturated heterocycles. The number of unbranched alkanes of at least 4 members (excludes halogenated alkanes) is 2. The maximum Gasteiger partial charge on any atom is 0.224 e. The first-order valence-corrected chi connectivity index (χ1v) is 5.48. The third-order valence-electron chi connectivity index (χ3n) is 2.32. The molecule has 0 bridgehead atoms. The fourth-order valence-electron chi connectivity index (χ4n) is 1.48. The SMILES string of the molecule is CCCCCC(=O)NC1=CC=CCC1. The molecule has 0 fully saturated rings. The molecule has 0 heterocycles. The van der Waals surface area contributed by atoms with Crippen molar-refractivity contribution in [3.63, 3.8) is 0 Å². The van der Waals surface area contributed by atoms with Crippen molar-refractivity contribution in [3.8, 4) is 0 Å². The van der Waals surface area contributed by atoms with E-state index in [1.54, 1.807) is 0 Å². The highest BCUT2D eigenvalue weighted by molar-refractivity contribution is 5.77. The lowest BCUT2D eigenvalue weighted by atomic mass is 10.1. The fourth-order valence-corrected chi connectivity index (χ4v) is 1.48. The summed E-state index contributed by atoms with van der Waals surface area (Å²) in [6, 6.07) is 0. The first-order chi connectivity index (χ1) is 6.83. The number of hydrogen-bond donors (Lipinski definition) is 1. The number of carbonyl (C=O) groups excluding carboxylic acids is 1. The lowest BCUT2D eigenvalue weighted by Gasteiger charge is -2.10. The van der Waals surface area contributed by atoms with Crippen LogP contribution in [0.15, 0.2) is 23.9 Å². The molecule has 0 saturated carbocycles. The molecule has 78 valence electrons. The molecule has 1 aliphatic carbocycles. The van der Waals surface area contributed by atoms with Gasteiger partial charge in [0.1, 0.15) is 0 Å². The van der Waals surface area contributed by atoms with Crippen molar-refractivity contribution in [3.05, 3.63) is 23.9 Å². The maximum absolute atomic E-state index is 11.4. The molecule has 0 spiro atoms. The van der Waals surface area contributed by atoms with Gasteiger partial charge in [0.2, 0.25) is 5.91 Å². The predicted octanol–water partition coefficient (Wildman–Crippen LogP) is 2.92. The summed E-state index contributed by atoms with van der Waals surface area (Å²) >= 11 is 0. The van der Waals surface area contributed by atoms with Gasteiger partial charge in [-0.2, -0.15) is 0 Å². The number of amides is 1. The van der Waals surface area contributed by atoms with E-state index in [0.717, 1.165) is 31.4 Å². The normalized spacial score (nSPS) is 15.1. The summed E-state index contributed by atoms with van der Waals surface area (Å²) < 4.78 is 0. The Morgan fingerprint density at radius 2 is 2.36 bits per heavy atom. The average molecular weight is 193 g/mol. The van der Waals surface area contributed by atoms with Crippen molar-refractivity contribution in [1.29, 1.82) is 0 Å². The second-order valence-corrected chi connectivity index (χ2v) is 3.66. The Labute approximate surface area is 86.1 Å². The van der Waals surface area contributed by atoms with Crippen LogP contribution in [-0.4, -0.2) is 5.91 Å². The van der Waals surface area contributed by atoms with E-state index in [1.807, 2.05) is 12.2 Å². The molecular weight excluding hydrogens is 174 g/mol. The monoisotopic (exact) mass is 193 g/mol. The number of rotatable bonds is 5.